The molecule has 3 heteroatoms. The van der Waals surface area contributed by atoms with E-state index in [1.807, 2.05) is 0 Å². The summed E-state index contributed by atoms with van der Waals surface area (Å²) in [6, 6.07) is 0. The molecule has 0 saturated heterocycles. The van der Waals surface area contributed by atoms with Gasteiger partial charge in [0.05, 0.1) is 6.33 Å². The fourth-order valence-corrected chi connectivity index (χ4v) is 0.215. The number of aromatic nitrogens is 2. The summed E-state index contributed by atoms with van der Waals surface area (Å²) in [5.74, 6) is 0. The average molecular weight is 108 g/mol. The predicted octanol–water partition coefficient (Wildman–Crippen LogP) is 0.0289. The minimum absolute atomic E-state index is 0. The molecule has 0 unspecified atom stereocenters. The minimum Gasteiger partial charge on any atom is -0.351 e. The van der Waals surface area contributed by atoms with Crippen molar-refractivity contribution in [2.75, 3.05) is 0 Å². The Labute approximate surface area is 66.0 Å². The van der Waals surface area contributed by atoms with Gasteiger partial charge in [0.2, 0.25) is 0 Å². The molecule has 2 radical (unpaired) electrons. The Morgan fingerprint density at radius 3 is 2.50 bits per heavy atom. The number of hydrogen-bond acceptors (Lipinski definition) is 1. The summed E-state index contributed by atoms with van der Waals surface area (Å²) in [7, 11) is 0. The summed E-state index contributed by atoms with van der Waals surface area (Å²) in [6.45, 7) is 0. The van der Waals surface area contributed by atoms with Crippen LogP contribution in [0, 0.1) is 0 Å². The van der Waals surface area contributed by atoms with Crippen LogP contribution in [0.1, 0.15) is 0 Å². The number of H-pyrrole nitrogens is 1. The topological polar surface area (TPSA) is 28.7 Å². The molecule has 1 rings (SSSR count). The van der Waals surface area contributed by atoms with Crippen LogP contribution < -0.4 is 0 Å². The predicted molar refractivity (Wildman–Crippen MR) is 24.3 cm³/mol. The van der Waals surface area contributed by atoms with E-state index in [0.29, 0.717) is 0 Å². The van der Waals surface area contributed by atoms with Crippen molar-refractivity contribution in [3.63, 3.8) is 0 Å². The Hall–Kier alpha value is 0.470. The minimum atomic E-state index is 0. The van der Waals surface area contributed by atoms with E-state index >= 15 is 0 Å². The molecule has 6 heavy (non-hydrogen) atoms. The molecule has 0 aromatic carbocycles. The third kappa shape index (κ3) is 1.80. The first kappa shape index (κ1) is 6.47. The van der Waals surface area contributed by atoms with Crippen LogP contribution in [0.4, 0.5) is 0 Å². The summed E-state index contributed by atoms with van der Waals surface area (Å²) in [5, 5.41) is 0. The molecule has 0 atom stereocenters. The molecule has 0 aliphatic heterocycles. The van der Waals surface area contributed by atoms with Gasteiger partial charge >= 0.3 is 0 Å². The van der Waals surface area contributed by atoms with Crippen LogP contribution in [0.2, 0.25) is 0 Å². The molecule has 2 nitrogen and oxygen atoms in total. The third-order valence-corrected chi connectivity index (χ3v) is 0.406. The second kappa shape index (κ2) is 3.65. The van der Waals surface area contributed by atoms with E-state index < -0.39 is 0 Å². The van der Waals surface area contributed by atoms with Gasteiger partial charge in [0.25, 0.3) is 0 Å². The zero-order valence-electron chi connectivity index (χ0n) is 3.39. The van der Waals surface area contributed by atoms with Gasteiger partial charge in [0.1, 0.15) is 0 Å². The maximum atomic E-state index is 3.67. The molecule has 0 aliphatic carbocycles. The van der Waals surface area contributed by atoms with Gasteiger partial charge in [0, 0.05) is 50.1 Å². The van der Waals surface area contributed by atoms with Crippen molar-refractivity contribution in [1.29, 1.82) is 0 Å². The van der Waals surface area contributed by atoms with E-state index in [1.165, 1.54) is 0 Å². The van der Waals surface area contributed by atoms with Crippen molar-refractivity contribution in [2.45, 2.75) is 0 Å². The number of imidazole rings is 1. The van der Waals surface area contributed by atoms with Crippen molar-refractivity contribution in [3.8, 4) is 0 Å². The molecule has 28 valence electrons. The van der Waals surface area contributed by atoms with Crippen LogP contribution in [0.5, 0.6) is 0 Å². The van der Waals surface area contributed by atoms with Crippen LogP contribution >= 0.6 is 0 Å². The van der Waals surface area contributed by atoms with Gasteiger partial charge in [-0.1, -0.05) is 0 Å². The number of aromatic amines is 1. The molecular weight excluding hydrogens is 104 g/mol. The van der Waals surface area contributed by atoms with E-state index in [1.54, 1.807) is 18.7 Å². The zero-order valence-corrected chi connectivity index (χ0v) is 5.59. The van der Waals surface area contributed by atoms with Crippen LogP contribution in [0.15, 0.2) is 18.7 Å². The Bertz CT molecular complexity index is 65.3. The molecule has 1 aromatic heterocycles. The molecule has 1 aromatic rings. The molecule has 0 saturated carbocycles. The average Bonchev–Trinajstić information content (AvgIpc) is 1.76. The summed E-state index contributed by atoms with van der Waals surface area (Å²) >= 11 is 0. The number of nitrogens with one attached hydrogen (secondary N) is 1. The van der Waals surface area contributed by atoms with Crippen molar-refractivity contribution in [3.05, 3.63) is 18.7 Å². The molecule has 0 fully saturated rings. The second-order valence-electron chi connectivity index (χ2n) is 0.761. The first-order chi connectivity index (χ1) is 2.50. The van der Waals surface area contributed by atoms with E-state index in [9.17, 15) is 0 Å². The summed E-state index contributed by atoms with van der Waals surface area (Å²) < 4.78 is 0. The molecule has 0 aliphatic rings. The van der Waals surface area contributed by atoms with Crippen LogP contribution in [-0.2, 0) is 0 Å². The first-order valence-electron chi connectivity index (χ1n) is 1.43. The quantitative estimate of drug-likeness (QED) is 0.467. The number of hydrogen-bond donors (Lipinski definition) is 1. The smallest absolute Gasteiger partial charge is 0.0919 e. The number of nitrogens with zero attached hydrogens (tertiary/aromatic N) is 1. The molecule has 0 amide bonds. The Morgan fingerprint density at radius 2 is 2.33 bits per heavy atom. The van der Waals surface area contributed by atoms with E-state index in [0.717, 1.165) is 0 Å². The Morgan fingerprint density at radius 1 is 1.50 bits per heavy atom. The zero-order chi connectivity index (χ0) is 3.54. The van der Waals surface area contributed by atoms with Crippen LogP contribution in [-0.4, -0.2) is 47.7 Å². The first-order valence-corrected chi connectivity index (χ1v) is 1.43. The van der Waals surface area contributed by atoms with Crippen molar-refractivity contribution >= 4 is 37.7 Å². The van der Waals surface area contributed by atoms with Gasteiger partial charge in [-0.25, -0.2) is 4.98 Å². The van der Waals surface area contributed by atoms with Gasteiger partial charge in [-0.3, -0.25) is 0 Å². The van der Waals surface area contributed by atoms with Gasteiger partial charge in [-0.2, -0.15) is 0 Å². The maximum Gasteiger partial charge on any atom is 0.0919 e. The maximum absolute atomic E-state index is 3.67. The normalized spacial score (nSPS) is 6.67. The Balaban J connectivity index is 0.000000250. The standard InChI is InChI=1S/C3H4N2.Ca/c1-2-5-3-4-1;/h1-3H,(H,4,5);. The van der Waals surface area contributed by atoms with Crippen molar-refractivity contribution < 1.29 is 0 Å². The molecule has 0 bridgehead atoms. The van der Waals surface area contributed by atoms with E-state index in [-0.39, 0.29) is 37.7 Å². The van der Waals surface area contributed by atoms with Gasteiger partial charge in [-0.05, 0) is 0 Å². The summed E-state index contributed by atoms with van der Waals surface area (Å²) in [6.07, 6.45) is 5.08. The summed E-state index contributed by atoms with van der Waals surface area (Å²) in [5.41, 5.74) is 0. The fourth-order valence-electron chi connectivity index (χ4n) is 0.215. The molecule has 1 N–H and O–H groups in total. The van der Waals surface area contributed by atoms with Crippen molar-refractivity contribution in [1.82, 2.24) is 9.97 Å². The molecule has 1 heterocycles. The number of rotatable bonds is 0. The van der Waals surface area contributed by atoms with Gasteiger partial charge in [-0.15, -0.1) is 0 Å². The molecular formula is C3H4CaN2. The van der Waals surface area contributed by atoms with Crippen molar-refractivity contribution in [2.24, 2.45) is 0 Å². The van der Waals surface area contributed by atoms with Crippen LogP contribution in [0.25, 0.3) is 0 Å². The molecule has 0 spiro atoms. The second-order valence-corrected chi connectivity index (χ2v) is 0.761. The monoisotopic (exact) mass is 108 g/mol. The van der Waals surface area contributed by atoms with E-state index in [2.05, 4.69) is 9.97 Å². The SMILES string of the molecule is [Ca].c1c[nH]cn1. The largest absolute Gasteiger partial charge is 0.351 e. The van der Waals surface area contributed by atoms with E-state index in [4.69, 9.17) is 0 Å². The fraction of sp³-hybridized carbons (Fsp3) is 0. The van der Waals surface area contributed by atoms with Gasteiger partial charge in [0.15, 0.2) is 0 Å². The summed E-state index contributed by atoms with van der Waals surface area (Å²) in [4.78, 5) is 6.42. The van der Waals surface area contributed by atoms with Crippen LogP contribution in [0.3, 0.4) is 0 Å². The van der Waals surface area contributed by atoms with Gasteiger partial charge < -0.3 is 4.98 Å². The third-order valence-electron chi connectivity index (χ3n) is 0.406. The Kier molecular flexibility index (Phi) is 3.94.